The van der Waals surface area contributed by atoms with Gasteiger partial charge in [-0.25, -0.2) is 4.68 Å². The largest absolute Gasteiger partial charge is 0.341 e. The maximum Gasteiger partial charge on any atom is 0.272 e. The number of nitrogens with zero attached hydrogens (tertiary/aromatic N) is 5. The molecule has 7 nitrogen and oxygen atoms in total. The van der Waals surface area contributed by atoms with E-state index in [1.807, 2.05) is 41.9 Å². The number of carbonyl (C=O) groups is 1. The van der Waals surface area contributed by atoms with Crippen molar-refractivity contribution in [3.8, 4) is 5.69 Å². The van der Waals surface area contributed by atoms with E-state index in [2.05, 4.69) is 20.1 Å². The second kappa shape index (κ2) is 7.46. The van der Waals surface area contributed by atoms with Crippen molar-refractivity contribution in [2.24, 2.45) is 0 Å². The molecule has 0 fully saturated rings. The number of hydrogen-bond donors (Lipinski definition) is 1. The fraction of sp³-hybridized carbons (Fsp3) is 0.455. The van der Waals surface area contributed by atoms with Gasteiger partial charge in [0.1, 0.15) is 5.82 Å². The van der Waals surface area contributed by atoms with Crippen molar-refractivity contribution in [2.75, 3.05) is 0 Å². The second-order valence-corrected chi connectivity index (χ2v) is 8.01. The molecule has 1 N–H and O–H groups in total. The van der Waals surface area contributed by atoms with Crippen molar-refractivity contribution < 1.29 is 4.79 Å². The highest BCUT2D eigenvalue weighted by Gasteiger charge is 2.28. The summed E-state index contributed by atoms with van der Waals surface area (Å²) in [5.41, 5.74) is 3.79. The topological polar surface area (TPSA) is 77.6 Å². The summed E-state index contributed by atoms with van der Waals surface area (Å²) in [5.74, 6) is 1.75. The third kappa shape index (κ3) is 3.24. The molecule has 150 valence electrons. The molecule has 0 bridgehead atoms. The molecule has 3 heterocycles. The minimum Gasteiger partial charge on any atom is -0.341 e. The van der Waals surface area contributed by atoms with Gasteiger partial charge in [0.2, 0.25) is 0 Å². The number of benzene rings is 1. The molecular weight excluding hydrogens is 364 g/mol. The SMILES string of the molecule is CC(NC(=O)c1nn(-c2ccccc2)c2c1CCC2)c1nnc2n1CCCCC2. The first-order chi connectivity index (χ1) is 14.2. The Kier molecular flexibility index (Phi) is 4.66. The van der Waals surface area contributed by atoms with Crippen molar-refractivity contribution in [2.45, 2.75) is 64.5 Å². The quantitative estimate of drug-likeness (QED) is 0.742. The molecule has 1 aliphatic carbocycles. The normalized spacial score (nSPS) is 16.7. The van der Waals surface area contributed by atoms with Gasteiger partial charge < -0.3 is 9.88 Å². The number of carbonyl (C=O) groups excluding carboxylic acids is 1. The number of amides is 1. The Morgan fingerprint density at radius 3 is 2.76 bits per heavy atom. The van der Waals surface area contributed by atoms with Crippen molar-refractivity contribution >= 4 is 5.91 Å². The minimum absolute atomic E-state index is 0.128. The van der Waals surface area contributed by atoms with Crippen LogP contribution in [0.15, 0.2) is 30.3 Å². The van der Waals surface area contributed by atoms with Gasteiger partial charge in [-0.3, -0.25) is 4.79 Å². The maximum atomic E-state index is 13.1. The van der Waals surface area contributed by atoms with E-state index in [4.69, 9.17) is 5.10 Å². The van der Waals surface area contributed by atoms with Gasteiger partial charge in [0.25, 0.3) is 5.91 Å². The highest BCUT2D eigenvalue weighted by molar-refractivity contribution is 5.94. The van der Waals surface area contributed by atoms with Crippen LogP contribution in [0.3, 0.4) is 0 Å². The van der Waals surface area contributed by atoms with Crippen LogP contribution in [0.2, 0.25) is 0 Å². The number of aromatic nitrogens is 5. The molecule has 29 heavy (non-hydrogen) atoms. The Bertz CT molecular complexity index is 1040. The van der Waals surface area contributed by atoms with Crippen LogP contribution in [0.4, 0.5) is 0 Å². The van der Waals surface area contributed by atoms with Crippen LogP contribution < -0.4 is 5.32 Å². The summed E-state index contributed by atoms with van der Waals surface area (Å²) >= 11 is 0. The molecule has 2 aromatic heterocycles. The lowest BCUT2D eigenvalue weighted by Gasteiger charge is -2.15. The Morgan fingerprint density at radius 1 is 1.03 bits per heavy atom. The average Bonchev–Trinajstić information content (AvgIpc) is 3.40. The standard InChI is InChI=1S/C22H26N6O/c1-15(21-25-24-19-13-6-3-7-14-27(19)21)23-22(29)20-17-11-8-12-18(17)28(26-20)16-9-4-2-5-10-16/h2,4-5,9-10,15H,3,6-8,11-14H2,1H3,(H,23,29). The zero-order valence-corrected chi connectivity index (χ0v) is 16.8. The van der Waals surface area contributed by atoms with E-state index in [1.165, 1.54) is 6.42 Å². The summed E-state index contributed by atoms with van der Waals surface area (Å²) < 4.78 is 4.12. The van der Waals surface area contributed by atoms with Crippen molar-refractivity contribution in [3.63, 3.8) is 0 Å². The van der Waals surface area contributed by atoms with E-state index in [1.54, 1.807) is 0 Å². The van der Waals surface area contributed by atoms with Gasteiger partial charge in [-0.2, -0.15) is 5.10 Å². The lowest BCUT2D eigenvalue weighted by molar-refractivity contribution is 0.0931. The lowest BCUT2D eigenvalue weighted by Crippen LogP contribution is -2.30. The molecule has 0 radical (unpaired) electrons. The summed E-state index contributed by atoms with van der Waals surface area (Å²) in [7, 11) is 0. The molecule has 0 spiro atoms. The predicted molar refractivity (Wildman–Crippen MR) is 109 cm³/mol. The first-order valence-corrected chi connectivity index (χ1v) is 10.6. The molecule has 0 saturated heterocycles. The number of rotatable bonds is 4. The third-order valence-electron chi connectivity index (χ3n) is 6.02. The van der Waals surface area contributed by atoms with Crippen LogP contribution >= 0.6 is 0 Å². The Labute approximate surface area is 170 Å². The van der Waals surface area contributed by atoms with E-state index >= 15 is 0 Å². The van der Waals surface area contributed by atoms with Crippen LogP contribution in [-0.4, -0.2) is 30.5 Å². The van der Waals surface area contributed by atoms with Crippen LogP contribution in [0.5, 0.6) is 0 Å². The molecule has 1 atom stereocenters. The van der Waals surface area contributed by atoms with E-state index in [-0.39, 0.29) is 11.9 Å². The monoisotopic (exact) mass is 390 g/mol. The second-order valence-electron chi connectivity index (χ2n) is 8.01. The highest BCUT2D eigenvalue weighted by Crippen LogP contribution is 2.28. The molecule has 1 aromatic carbocycles. The Balaban J connectivity index is 1.41. The average molecular weight is 390 g/mol. The van der Waals surface area contributed by atoms with E-state index in [9.17, 15) is 4.79 Å². The summed E-state index contributed by atoms with van der Waals surface area (Å²) in [6.45, 7) is 2.91. The van der Waals surface area contributed by atoms with E-state index in [0.717, 1.165) is 73.7 Å². The van der Waals surface area contributed by atoms with Crippen molar-refractivity contribution in [1.82, 2.24) is 29.9 Å². The summed E-state index contributed by atoms with van der Waals surface area (Å²) in [6.07, 6.45) is 7.38. The summed E-state index contributed by atoms with van der Waals surface area (Å²) in [6, 6.07) is 9.84. The first kappa shape index (κ1) is 18.1. The zero-order valence-electron chi connectivity index (χ0n) is 16.8. The third-order valence-corrected chi connectivity index (χ3v) is 6.02. The van der Waals surface area contributed by atoms with Crippen molar-refractivity contribution in [1.29, 1.82) is 0 Å². The number of nitrogens with one attached hydrogen (secondary N) is 1. The minimum atomic E-state index is -0.208. The molecule has 1 unspecified atom stereocenters. The highest BCUT2D eigenvalue weighted by atomic mass is 16.2. The maximum absolute atomic E-state index is 13.1. The molecular formula is C22H26N6O. The fourth-order valence-corrected chi connectivity index (χ4v) is 4.56. The first-order valence-electron chi connectivity index (χ1n) is 10.6. The van der Waals surface area contributed by atoms with Gasteiger partial charge in [-0.15, -0.1) is 10.2 Å². The molecule has 1 amide bonds. The summed E-state index contributed by atoms with van der Waals surface area (Å²) in [4.78, 5) is 13.1. The Morgan fingerprint density at radius 2 is 1.90 bits per heavy atom. The molecule has 2 aliphatic rings. The smallest absolute Gasteiger partial charge is 0.272 e. The zero-order chi connectivity index (χ0) is 19.8. The molecule has 5 rings (SSSR count). The van der Waals surface area contributed by atoms with E-state index < -0.39 is 0 Å². The summed E-state index contributed by atoms with van der Waals surface area (Å²) in [5, 5.41) is 16.6. The fourth-order valence-electron chi connectivity index (χ4n) is 4.56. The Hall–Kier alpha value is -2.96. The van der Waals surface area contributed by atoms with Gasteiger partial charge in [-0.1, -0.05) is 24.6 Å². The van der Waals surface area contributed by atoms with E-state index in [0.29, 0.717) is 5.69 Å². The van der Waals surface area contributed by atoms with Gasteiger partial charge in [0.15, 0.2) is 11.5 Å². The van der Waals surface area contributed by atoms with Crippen LogP contribution in [-0.2, 0) is 25.8 Å². The van der Waals surface area contributed by atoms with Gasteiger partial charge >= 0.3 is 0 Å². The lowest BCUT2D eigenvalue weighted by atomic mass is 10.2. The van der Waals surface area contributed by atoms with Crippen LogP contribution in [0.25, 0.3) is 5.69 Å². The number of para-hydroxylation sites is 1. The molecule has 0 saturated carbocycles. The number of fused-ring (bicyclic) bond motifs is 2. The van der Waals surface area contributed by atoms with Crippen LogP contribution in [0.1, 0.15) is 72.0 Å². The molecule has 1 aliphatic heterocycles. The molecule has 3 aromatic rings. The number of aryl methyl sites for hydroxylation is 1. The predicted octanol–water partition coefficient (Wildman–Crippen LogP) is 3.17. The van der Waals surface area contributed by atoms with Crippen LogP contribution in [0, 0.1) is 0 Å². The van der Waals surface area contributed by atoms with Gasteiger partial charge in [-0.05, 0) is 51.2 Å². The van der Waals surface area contributed by atoms with Crippen molar-refractivity contribution in [3.05, 3.63) is 58.9 Å². The van der Waals surface area contributed by atoms with Gasteiger partial charge in [0, 0.05) is 24.2 Å². The number of hydrogen-bond acceptors (Lipinski definition) is 4. The molecule has 7 heteroatoms. The van der Waals surface area contributed by atoms with Gasteiger partial charge in [0.05, 0.1) is 11.7 Å².